The molecule has 0 aliphatic heterocycles. The molecule has 84 valence electrons. The summed E-state index contributed by atoms with van der Waals surface area (Å²) in [4.78, 5) is 10.6. The van der Waals surface area contributed by atoms with Crippen LogP contribution in [0.2, 0.25) is 0 Å². The monoisotopic (exact) mass is 203 g/mol. The zero-order valence-electron chi connectivity index (χ0n) is 9.25. The van der Waals surface area contributed by atoms with E-state index in [4.69, 9.17) is 9.84 Å². The van der Waals surface area contributed by atoms with E-state index in [-0.39, 0.29) is 6.10 Å². The third-order valence-electron chi connectivity index (χ3n) is 2.15. The van der Waals surface area contributed by atoms with Crippen molar-refractivity contribution >= 4 is 5.97 Å². The van der Waals surface area contributed by atoms with Gasteiger partial charge in [0.15, 0.2) is 0 Å². The lowest BCUT2D eigenvalue weighted by molar-refractivity contribution is -0.140. The fourth-order valence-electron chi connectivity index (χ4n) is 1.27. The summed E-state index contributed by atoms with van der Waals surface area (Å²) in [5.41, 5.74) is 0. The molecule has 0 aromatic heterocycles. The first-order chi connectivity index (χ1) is 6.61. The summed E-state index contributed by atoms with van der Waals surface area (Å²) in [6.07, 6.45) is 2.86. The molecule has 0 heterocycles. The number of carbonyl (C=O) groups is 1. The Labute approximate surface area is 85.6 Å². The van der Waals surface area contributed by atoms with Crippen LogP contribution in [0.1, 0.15) is 33.1 Å². The van der Waals surface area contributed by atoms with E-state index in [1.54, 1.807) is 7.05 Å². The van der Waals surface area contributed by atoms with Gasteiger partial charge in [-0.3, -0.25) is 4.79 Å². The molecule has 0 aromatic carbocycles. The number of carboxylic acid groups (broad SMARTS) is 1. The van der Waals surface area contributed by atoms with Crippen molar-refractivity contribution in [1.29, 1.82) is 0 Å². The highest BCUT2D eigenvalue weighted by molar-refractivity contribution is 5.73. The Morgan fingerprint density at radius 2 is 2.14 bits per heavy atom. The summed E-state index contributed by atoms with van der Waals surface area (Å²) >= 11 is 0. The van der Waals surface area contributed by atoms with Gasteiger partial charge in [-0.25, -0.2) is 0 Å². The Kier molecular flexibility index (Phi) is 7.42. The van der Waals surface area contributed by atoms with Crippen molar-refractivity contribution in [3.63, 3.8) is 0 Å². The minimum absolute atomic E-state index is 0.228. The smallest absolute Gasteiger partial charge is 0.320 e. The summed E-state index contributed by atoms with van der Waals surface area (Å²) in [5, 5.41) is 11.5. The van der Waals surface area contributed by atoms with Crippen LogP contribution in [0, 0.1) is 0 Å². The van der Waals surface area contributed by atoms with Crippen LogP contribution in [0.5, 0.6) is 0 Å². The molecule has 4 heteroatoms. The first-order valence-electron chi connectivity index (χ1n) is 5.13. The minimum Gasteiger partial charge on any atom is -0.480 e. The maximum atomic E-state index is 10.6. The summed E-state index contributed by atoms with van der Waals surface area (Å²) in [6.45, 7) is 4.62. The average molecular weight is 203 g/mol. The van der Waals surface area contributed by atoms with Crippen LogP contribution >= 0.6 is 0 Å². The van der Waals surface area contributed by atoms with Gasteiger partial charge in [0.2, 0.25) is 0 Å². The Morgan fingerprint density at radius 1 is 1.50 bits per heavy atom. The highest BCUT2D eigenvalue weighted by Crippen LogP contribution is 2.02. The van der Waals surface area contributed by atoms with E-state index in [9.17, 15) is 4.79 Å². The lowest BCUT2D eigenvalue weighted by Gasteiger charge is -2.14. The lowest BCUT2D eigenvalue weighted by Crippen LogP contribution is -2.35. The number of nitrogens with one attached hydrogen (secondary N) is 1. The quantitative estimate of drug-likeness (QED) is 0.623. The molecular formula is C10H21NO3. The average Bonchev–Trinajstić information content (AvgIpc) is 2.12. The summed E-state index contributed by atoms with van der Waals surface area (Å²) in [5.74, 6) is -0.820. The van der Waals surface area contributed by atoms with Gasteiger partial charge in [-0.15, -0.1) is 0 Å². The molecule has 2 atom stereocenters. The van der Waals surface area contributed by atoms with E-state index in [0.29, 0.717) is 13.0 Å². The summed E-state index contributed by atoms with van der Waals surface area (Å²) < 4.78 is 5.46. The van der Waals surface area contributed by atoms with E-state index in [0.717, 1.165) is 12.8 Å². The Bertz CT molecular complexity index is 161. The molecular weight excluding hydrogens is 182 g/mol. The van der Waals surface area contributed by atoms with E-state index in [1.165, 1.54) is 0 Å². The van der Waals surface area contributed by atoms with Crippen LogP contribution < -0.4 is 5.32 Å². The second-order valence-electron chi connectivity index (χ2n) is 3.44. The van der Waals surface area contributed by atoms with Crippen molar-refractivity contribution in [1.82, 2.24) is 5.32 Å². The maximum Gasteiger partial charge on any atom is 0.320 e. The maximum absolute atomic E-state index is 10.6. The predicted octanol–water partition coefficient (Wildman–Crippen LogP) is 1.25. The van der Waals surface area contributed by atoms with Crippen molar-refractivity contribution < 1.29 is 14.6 Å². The zero-order valence-corrected chi connectivity index (χ0v) is 9.25. The molecule has 0 fully saturated rings. The number of aliphatic carboxylic acids is 1. The van der Waals surface area contributed by atoms with Crippen LogP contribution in [0.25, 0.3) is 0 Å². The van der Waals surface area contributed by atoms with Gasteiger partial charge in [0, 0.05) is 6.61 Å². The molecule has 0 bridgehead atoms. The number of hydrogen-bond donors (Lipinski definition) is 2. The van der Waals surface area contributed by atoms with Crippen LogP contribution in [-0.2, 0) is 9.53 Å². The molecule has 0 saturated carbocycles. The zero-order chi connectivity index (χ0) is 11.0. The van der Waals surface area contributed by atoms with Gasteiger partial charge >= 0.3 is 5.97 Å². The van der Waals surface area contributed by atoms with Crippen molar-refractivity contribution in [2.24, 2.45) is 0 Å². The number of ether oxygens (including phenoxy) is 1. The first kappa shape index (κ1) is 13.4. The van der Waals surface area contributed by atoms with Crippen molar-refractivity contribution in [2.75, 3.05) is 13.7 Å². The van der Waals surface area contributed by atoms with Gasteiger partial charge < -0.3 is 15.2 Å². The normalized spacial score (nSPS) is 15.1. The standard InChI is InChI=1S/C10H21NO3/c1-4-5-8(2)14-7-6-9(11-3)10(12)13/h8-9,11H,4-7H2,1-3H3,(H,12,13). The van der Waals surface area contributed by atoms with E-state index < -0.39 is 12.0 Å². The van der Waals surface area contributed by atoms with Gasteiger partial charge in [0.25, 0.3) is 0 Å². The van der Waals surface area contributed by atoms with Gasteiger partial charge in [-0.05, 0) is 26.8 Å². The van der Waals surface area contributed by atoms with Crippen molar-refractivity contribution in [3.8, 4) is 0 Å². The molecule has 0 saturated heterocycles. The van der Waals surface area contributed by atoms with Crippen LogP contribution in [0.15, 0.2) is 0 Å². The molecule has 14 heavy (non-hydrogen) atoms. The second-order valence-corrected chi connectivity index (χ2v) is 3.44. The van der Waals surface area contributed by atoms with Gasteiger partial charge in [0.05, 0.1) is 6.10 Å². The first-order valence-corrected chi connectivity index (χ1v) is 5.13. The fraction of sp³-hybridized carbons (Fsp3) is 0.900. The van der Waals surface area contributed by atoms with Crippen molar-refractivity contribution in [2.45, 2.75) is 45.3 Å². The number of carboxylic acids is 1. The van der Waals surface area contributed by atoms with Gasteiger partial charge in [-0.2, -0.15) is 0 Å². The Morgan fingerprint density at radius 3 is 2.57 bits per heavy atom. The van der Waals surface area contributed by atoms with E-state index in [2.05, 4.69) is 12.2 Å². The van der Waals surface area contributed by atoms with Crippen LogP contribution in [0.4, 0.5) is 0 Å². The lowest BCUT2D eigenvalue weighted by atomic mass is 10.2. The third kappa shape index (κ3) is 5.94. The highest BCUT2D eigenvalue weighted by Gasteiger charge is 2.14. The molecule has 0 radical (unpaired) electrons. The topological polar surface area (TPSA) is 58.6 Å². The molecule has 0 spiro atoms. The van der Waals surface area contributed by atoms with E-state index >= 15 is 0 Å². The molecule has 2 unspecified atom stereocenters. The van der Waals surface area contributed by atoms with E-state index in [1.807, 2.05) is 6.92 Å². The largest absolute Gasteiger partial charge is 0.480 e. The Balaban J connectivity index is 3.55. The number of likely N-dealkylation sites (N-methyl/N-ethyl adjacent to an activating group) is 1. The SMILES string of the molecule is CCCC(C)OCCC(NC)C(=O)O. The van der Waals surface area contributed by atoms with Crippen LogP contribution in [0.3, 0.4) is 0 Å². The van der Waals surface area contributed by atoms with Gasteiger partial charge in [-0.1, -0.05) is 13.3 Å². The highest BCUT2D eigenvalue weighted by atomic mass is 16.5. The predicted molar refractivity (Wildman–Crippen MR) is 55.4 cm³/mol. The molecule has 4 nitrogen and oxygen atoms in total. The number of rotatable bonds is 8. The third-order valence-corrected chi connectivity index (χ3v) is 2.15. The molecule has 2 N–H and O–H groups in total. The molecule has 0 aromatic rings. The van der Waals surface area contributed by atoms with Gasteiger partial charge in [0.1, 0.15) is 6.04 Å². The number of hydrogen-bond acceptors (Lipinski definition) is 3. The van der Waals surface area contributed by atoms with Crippen LogP contribution in [-0.4, -0.2) is 36.9 Å². The van der Waals surface area contributed by atoms with Crippen molar-refractivity contribution in [3.05, 3.63) is 0 Å². The second kappa shape index (κ2) is 7.76. The molecule has 0 aliphatic carbocycles. The molecule has 0 rings (SSSR count). The Hall–Kier alpha value is -0.610. The molecule has 0 aliphatic rings. The fourth-order valence-corrected chi connectivity index (χ4v) is 1.27. The summed E-state index contributed by atoms with van der Waals surface area (Å²) in [6, 6.07) is -0.496. The summed E-state index contributed by atoms with van der Waals surface area (Å²) in [7, 11) is 1.65. The molecule has 0 amide bonds. The minimum atomic E-state index is -0.820.